The van der Waals surface area contributed by atoms with Crippen LogP contribution >= 0.6 is 11.3 Å². The number of carbonyl (C=O) groups excluding carboxylic acids is 1. The van der Waals surface area contributed by atoms with Crippen LogP contribution in [0.15, 0.2) is 5.38 Å². The van der Waals surface area contributed by atoms with Gasteiger partial charge in [-0.2, -0.15) is 0 Å². The van der Waals surface area contributed by atoms with Crippen LogP contribution in [0.3, 0.4) is 0 Å². The molecule has 0 radical (unpaired) electrons. The molecule has 0 aliphatic rings. The number of amides is 1. The second-order valence-electron chi connectivity index (χ2n) is 3.27. The van der Waals surface area contributed by atoms with Gasteiger partial charge in [0.1, 0.15) is 0 Å². The summed E-state index contributed by atoms with van der Waals surface area (Å²) >= 11 is 1.30. The van der Waals surface area contributed by atoms with Crippen molar-refractivity contribution in [3.63, 3.8) is 0 Å². The summed E-state index contributed by atoms with van der Waals surface area (Å²) in [5, 5.41) is 14.1. The number of aromatic nitrogens is 1. The molecule has 1 atom stereocenters. The molecule has 0 aliphatic carbocycles. The molecule has 0 saturated heterocycles. The van der Waals surface area contributed by atoms with E-state index in [9.17, 15) is 9.90 Å². The average molecular weight is 245 g/mol. The number of methoxy groups -OCH3 is 1. The molecule has 0 fully saturated rings. The van der Waals surface area contributed by atoms with E-state index in [4.69, 9.17) is 10.5 Å². The van der Waals surface area contributed by atoms with Gasteiger partial charge < -0.3 is 20.9 Å². The van der Waals surface area contributed by atoms with Crippen molar-refractivity contribution >= 4 is 22.4 Å². The Hall–Kier alpha value is -1.18. The van der Waals surface area contributed by atoms with Crippen molar-refractivity contribution < 1.29 is 14.6 Å². The molecule has 1 heterocycles. The van der Waals surface area contributed by atoms with Gasteiger partial charge in [0.2, 0.25) is 5.91 Å². The number of anilines is 1. The molecular weight excluding hydrogens is 230 g/mol. The molecule has 1 aromatic heterocycles. The third-order valence-corrected chi connectivity index (χ3v) is 2.53. The van der Waals surface area contributed by atoms with Crippen LogP contribution in [0, 0.1) is 0 Å². The molecule has 0 aliphatic heterocycles. The smallest absolute Gasteiger partial charge is 0.226 e. The number of nitrogens with one attached hydrogen (secondary N) is 1. The van der Waals surface area contributed by atoms with Crippen LogP contribution in [0.4, 0.5) is 5.13 Å². The number of rotatable bonds is 6. The predicted molar refractivity (Wildman–Crippen MR) is 61.1 cm³/mol. The van der Waals surface area contributed by atoms with Gasteiger partial charge in [0.05, 0.1) is 24.8 Å². The molecule has 6 nitrogen and oxygen atoms in total. The molecule has 1 unspecified atom stereocenters. The van der Waals surface area contributed by atoms with Crippen LogP contribution in [-0.4, -0.2) is 42.4 Å². The van der Waals surface area contributed by atoms with Gasteiger partial charge in [-0.3, -0.25) is 4.79 Å². The highest BCUT2D eigenvalue weighted by atomic mass is 32.1. The highest BCUT2D eigenvalue weighted by Gasteiger charge is 2.09. The first-order valence-electron chi connectivity index (χ1n) is 4.75. The fourth-order valence-electron chi connectivity index (χ4n) is 1.11. The van der Waals surface area contributed by atoms with E-state index >= 15 is 0 Å². The number of hydrogen-bond donors (Lipinski definition) is 3. The van der Waals surface area contributed by atoms with Crippen LogP contribution in [0.2, 0.25) is 0 Å². The first kappa shape index (κ1) is 12.9. The van der Waals surface area contributed by atoms with E-state index in [0.717, 1.165) is 0 Å². The lowest BCUT2D eigenvalue weighted by molar-refractivity contribution is -0.121. The SMILES string of the molecule is COCC(O)CNC(=O)Cc1csc(N)n1. The zero-order chi connectivity index (χ0) is 12.0. The van der Waals surface area contributed by atoms with Crippen molar-refractivity contribution in [3.05, 3.63) is 11.1 Å². The normalized spacial score (nSPS) is 12.4. The molecule has 1 aromatic rings. The van der Waals surface area contributed by atoms with E-state index in [1.54, 1.807) is 5.38 Å². The standard InChI is InChI=1S/C9H15N3O3S/c1-15-4-7(13)3-11-8(14)2-6-5-16-9(10)12-6/h5,7,13H,2-4H2,1H3,(H2,10,12)(H,11,14). The Bertz CT molecular complexity index is 342. The lowest BCUT2D eigenvalue weighted by atomic mass is 10.3. The Morgan fingerprint density at radius 1 is 1.81 bits per heavy atom. The topological polar surface area (TPSA) is 97.5 Å². The summed E-state index contributed by atoms with van der Waals surface area (Å²) in [7, 11) is 1.49. The van der Waals surface area contributed by atoms with Gasteiger partial charge in [0.25, 0.3) is 0 Å². The maximum Gasteiger partial charge on any atom is 0.226 e. The van der Waals surface area contributed by atoms with Gasteiger partial charge in [-0.15, -0.1) is 11.3 Å². The van der Waals surface area contributed by atoms with E-state index in [0.29, 0.717) is 10.8 Å². The van der Waals surface area contributed by atoms with Crippen LogP contribution in [-0.2, 0) is 16.0 Å². The van der Waals surface area contributed by atoms with E-state index < -0.39 is 6.10 Å². The van der Waals surface area contributed by atoms with E-state index in [1.807, 2.05) is 0 Å². The maximum atomic E-state index is 11.4. The molecule has 90 valence electrons. The van der Waals surface area contributed by atoms with Crippen molar-refractivity contribution in [2.75, 3.05) is 26.0 Å². The maximum absolute atomic E-state index is 11.4. The van der Waals surface area contributed by atoms with Gasteiger partial charge in [-0.25, -0.2) is 4.98 Å². The molecule has 1 amide bonds. The number of nitrogens with zero attached hydrogens (tertiary/aromatic N) is 1. The average Bonchev–Trinajstić information content (AvgIpc) is 2.61. The summed E-state index contributed by atoms with van der Waals surface area (Å²) in [6.45, 7) is 0.371. The van der Waals surface area contributed by atoms with Gasteiger partial charge in [0.15, 0.2) is 5.13 Å². The van der Waals surface area contributed by atoms with Gasteiger partial charge >= 0.3 is 0 Å². The summed E-state index contributed by atoms with van der Waals surface area (Å²) in [4.78, 5) is 15.4. The summed E-state index contributed by atoms with van der Waals surface area (Å²) in [6.07, 6.45) is -0.512. The van der Waals surface area contributed by atoms with E-state index in [2.05, 4.69) is 10.3 Å². The van der Waals surface area contributed by atoms with Crippen LogP contribution in [0.25, 0.3) is 0 Å². The molecule has 0 spiro atoms. The Morgan fingerprint density at radius 3 is 3.12 bits per heavy atom. The largest absolute Gasteiger partial charge is 0.389 e. The lowest BCUT2D eigenvalue weighted by Gasteiger charge is -2.09. The monoisotopic (exact) mass is 245 g/mol. The summed E-state index contributed by atoms with van der Waals surface area (Å²) in [6, 6.07) is 0. The zero-order valence-corrected chi connectivity index (χ0v) is 9.79. The third kappa shape index (κ3) is 4.56. The fourth-order valence-corrected chi connectivity index (χ4v) is 1.68. The van der Waals surface area contributed by atoms with Crippen molar-refractivity contribution in [1.82, 2.24) is 10.3 Å². The second-order valence-corrected chi connectivity index (χ2v) is 4.16. The molecule has 0 bridgehead atoms. The van der Waals surface area contributed by atoms with Crippen molar-refractivity contribution in [2.24, 2.45) is 0 Å². The van der Waals surface area contributed by atoms with Gasteiger partial charge in [-0.1, -0.05) is 0 Å². The Balaban J connectivity index is 2.26. The second kappa shape index (κ2) is 6.41. The van der Waals surface area contributed by atoms with Gasteiger partial charge in [-0.05, 0) is 0 Å². The van der Waals surface area contributed by atoms with Crippen molar-refractivity contribution in [1.29, 1.82) is 0 Å². The van der Waals surface area contributed by atoms with Crippen LogP contribution in [0.1, 0.15) is 5.69 Å². The summed E-state index contributed by atoms with van der Waals surface area (Å²) < 4.78 is 4.73. The van der Waals surface area contributed by atoms with Gasteiger partial charge in [0, 0.05) is 19.0 Å². The molecule has 0 aromatic carbocycles. The number of ether oxygens (including phenoxy) is 1. The van der Waals surface area contributed by atoms with Crippen LogP contribution < -0.4 is 11.1 Å². The minimum absolute atomic E-state index is 0.173. The Labute approximate surface area is 97.4 Å². The number of carbonyl (C=O) groups is 1. The predicted octanol–water partition coefficient (Wildman–Crippen LogP) is -0.609. The van der Waals surface area contributed by atoms with Crippen LogP contribution in [0.5, 0.6) is 0 Å². The number of hydrogen-bond acceptors (Lipinski definition) is 6. The van der Waals surface area contributed by atoms with Crippen molar-refractivity contribution in [2.45, 2.75) is 12.5 Å². The Kier molecular flexibility index (Phi) is 5.17. The first-order valence-corrected chi connectivity index (χ1v) is 5.63. The molecule has 0 saturated carbocycles. The minimum Gasteiger partial charge on any atom is -0.389 e. The zero-order valence-electron chi connectivity index (χ0n) is 8.97. The summed E-state index contributed by atoms with van der Waals surface area (Å²) in [5.74, 6) is -0.194. The highest BCUT2D eigenvalue weighted by Crippen LogP contribution is 2.11. The van der Waals surface area contributed by atoms with E-state index in [1.165, 1.54) is 18.4 Å². The molecule has 16 heavy (non-hydrogen) atoms. The molecule has 4 N–H and O–H groups in total. The molecular formula is C9H15N3O3S. The number of nitrogens with two attached hydrogens (primary N) is 1. The molecule has 7 heteroatoms. The quantitative estimate of drug-likeness (QED) is 0.621. The lowest BCUT2D eigenvalue weighted by Crippen LogP contribution is -2.35. The van der Waals surface area contributed by atoms with Crippen molar-refractivity contribution in [3.8, 4) is 0 Å². The molecule has 1 rings (SSSR count). The fraction of sp³-hybridized carbons (Fsp3) is 0.556. The first-order chi connectivity index (χ1) is 7.61. The number of aliphatic hydroxyl groups excluding tert-OH is 1. The highest BCUT2D eigenvalue weighted by molar-refractivity contribution is 7.13. The summed E-state index contributed by atoms with van der Waals surface area (Å²) in [5.41, 5.74) is 6.08. The minimum atomic E-state index is -0.686. The number of thiazole rings is 1. The third-order valence-electron chi connectivity index (χ3n) is 1.81. The number of nitrogen functional groups attached to an aromatic ring is 1. The Morgan fingerprint density at radius 2 is 2.56 bits per heavy atom. The van der Waals surface area contributed by atoms with E-state index in [-0.39, 0.29) is 25.5 Å². The number of aliphatic hydroxyl groups is 1.